The maximum absolute atomic E-state index is 3.76. The Morgan fingerprint density at radius 1 is 1.35 bits per heavy atom. The van der Waals surface area contributed by atoms with Gasteiger partial charge in [-0.05, 0) is 54.9 Å². The monoisotopic (exact) mass is 303 g/mol. The molecule has 0 spiro atoms. The third-order valence-electron chi connectivity index (χ3n) is 3.77. The molecule has 0 amide bonds. The molecule has 1 N–H and O–H groups in total. The highest BCUT2D eigenvalue weighted by atomic mass is 32.2. The van der Waals surface area contributed by atoms with Gasteiger partial charge in [0.2, 0.25) is 0 Å². The predicted octanol–water partition coefficient (Wildman–Crippen LogP) is 4.81. The summed E-state index contributed by atoms with van der Waals surface area (Å²) in [6.45, 7) is 5.52. The van der Waals surface area contributed by atoms with Crippen LogP contribution in [0.2, 0.25) is 0 Å². The number of rotatable bonds is 5. The van der Waals surface area contributed by atoms with Crippen LogP contribution in [0.25, 0.3) is 0 Å². The Morgan fingerprint density at radius 2 is 2.20 bits per heavy atom. The first kappa shape index (κ1) is 14.2. The van der Waals surface area contributed by atoms with Crippen LogP contribution in [0.15, 0.2) is 40.6 Å². The van der Waals surface area contributed by atoms with Gasteiger partial charge in [0.05, 0.1) is 0 Å². The normalized spacial score (nSPS) is 19.0. The Balaban J connectivity index is 1.81. The molecular formula is C17H21NS2. The molecule has 1 aromatic carbocycles. The number of fused-ring (bicyclic) bond motifs is 1. The van der Waals surface area contributed by atoms with Crippen molar-refractivity contribution in [3.63, 3.8) is 0 Å². The Bertz CT molecular complexity index is 551. The largest absolute Gasteiger partial charge is 0.309 e. The van der Waals surface area contributed by atoms with Gasteiger partial charge < -0.3 is 5.32 Å². The second-order valence-corrected chi connectivity index (χ2v) is 7.79. The first-order valence-corrected chi connectivity index (χ1v) is 9.07. The van der Waals surface area contributed by atoms with E-state index in [1.165, 1.54) is 33.7 Å². The van der Waals surface area contributed by atoms with Crippen molar-refractivity contribution in [2.75, 3.05) is 6.54 Å². The molecule has 0 saturated carbocycles. The zero-order valence-electron chi connectivity index (χ0n) is 12.1. The van der Waals surface area contributed by atoms with E-state index in [0.29, 0.717) is 11.3 Å². The van der Waals surface area contributed by atoms with Crippen LogP contribution in [0.4, 0.5) is 0 Å². The van der Waals surface area contributed by atoms with E-state index < -0.39 is 0 Å². The fourth-order valence-corrected chi connectivity index (χ4v) is 4.96. The van der Waals surface area contributed by atoms with Crippen molar-refractivity contribution in [1.29, 1.82) is 0 Å². The summed E-state index contributed by atoms with van der Waals surface area (Å²) in [6.07, 6.45) is 2.36. The van der Waals surface area contributed by atoms with Gasteiger partial charge in [0.15, 0.2) is 0 Å². The molecule has 0 aliphatic carbocycles. The lowest BCUT2D eigenvalue weighted by Gasteiger charge is -2.23. The third kappa shape index (κ3) is 2.95. The Hall–Kier alpha value is -0.770. The van der Waals surface area contributed by atoms with Crippen molar-refractivity contribution in [3.8, 4) is 0 Å². The Morgan fingerprint density at radius 3 is 2.90 bits per heavy atom. The predicted molar refractivity (Wildman–Crippen MR) is 89.9 cm³/mol. The molecule has 20 heavy (non-hydrogen) atoms. The number of nitrogens with one attached hydrogen (secondary N) is 1. The molecule has 0 fully saturated rings. The van der Waals surface area contributed by atoms with Gasteiger partial charge in [0, 0.05) is 21.1 Å². The van der Waals surface area contributed by atoms with E-state index in [-0.39, 0.29) is 0 Å². The number of thioether (sulfide) groups is 1. The first-order chi connectivity index (χ1) is 9.78. The third-order valence-corrected chi connectivity index (χ3v) is 6.04. The van der Waals surface area contributed by atoms with Crippen LogP contribution in [0.1, 0.15) is 35.4 Å². The maximum Gasteiger partial charge on any atom is 0.0455 e. The van der Waals surface area contributed by atoms with Gasteiger partial charge in [0.1, 0.15) is 0 Å². The van der Waals surface area contributed by atoms with Crippen molar-refractivity contribution in [2.45, 2.75) is 42.9 Å². The Labute approximate surface area is 129 Å². The standard InChI is InChI=1S/C17H21NS2/c1-3-8-18-17(14-9-12(2)19-11-14)16-10-13-6-4-5-7-15(13)20-16/h4-7,9,11,16-18H,3,8,10H2,1-2H3. The van der Waals surface area contributed by atoms with Crippen LogP contribution in [0, 0.1) is 6.92 Å². The van der Waals surface area contributed by atoms with E-state index in [2.05, 4.69) is 54.9 Å². The molecule has 0 saturated heterocycles. The van der Waals surface area contributed by atoms with E-state index in [0.717, 1.165) is 6.54 Å². The minimum atomic E-state index is 0.470. The molecule has 1 aliphatic heterocycles. The van der Waals surface area contributed by atoms with Gasteiger partial charge >= 0.3 is 0 Å². The summed E-state index contributed by atoms with van der Waals surface area (Å²) in [5.41, 5.74) is 2.98. The van der Waals surface area contributed by atoms with Crippen LogP contribution in [-0.2, 0) is 6.42 Å². The molecule has 0 radical (unpaired) electrons. The van der Waals surface area contributed by atoms with Crippen LogP contribution in [0.3, 0.4) is 0 Å². The van der Waals surface area contributed by atoms with Gasteiger partial charge in [-0.25, -0.2) is 0 Å². The van der Waals surface area contributed by atoms with Crippen molar-refractivity contribution < 1.29 is 0 Å². The van der Waals surface area contributed by atoms with Crippen molar-refractivity contribution in [3.05, 3.63) is 51.7 Å². The summed E-state index contributed by atoms with van der Waals surface area (Å²) in [5, 5.41) is 6.71. The molecule has 1 aromatic heterocycles. The van der Waals surface area contributed by atoms with Gasteiger partial charge in [0.25, 0.3) is 0 Å². The Kier molecular flexibility index (Phi) is 4.49. The van der Waals surface area contributed by atoms with E-state index >= 15 is 0 Å². The van der Waals surface area contributed by atoms with Gasteiger partial charge in [-0.1, -0.05) is 25.1 Å². The fraction of sp³-hybridized carbons (Fsp3) is 0.412. The van der Waals surface area contributed by atoms with Crippen molar-refractivity contribution in [1.82, 2.24) is 5.32 Å². The fourth-order valence-electron chi connectivity index (χ4n) is 2.79. The van der Waals surface area contributed by atoms with E-state index in [4.69, 9.17) is 0 Å². The number of thiophene rings is 1. The molecule has 3 heteroatoms. The minimum Gasteiger partial charge on any atom is -0.309 e. The van der Waals surface area contributed by atoms with Gasteiger partial charge in [-0.3, -0.25) is 0 Å². The molecule has 2 atom stereocenters. The van der Waals surface area contributed by atoms with Gasteiger partial charge in [-0.2, -0.15) is 0 Å². The van der Waals surface area contributed by atoms with E-state index in [9.17, 15) is 0 Å². The highest BCUT2D eigenvalue weighted by molar-refractivity contribution is 8.00. The molecule has 3 rings (SSSR count). The average molecular weight is 303 g/mol. The molecular weight excluding hydrogens is 282 g/mol. The number of hydrogen-bond acceptors (Lipinski definition) is 3. The highest BCUT2D eigenvalue weighted by Gasteiger charge is 2.30. The molecule has 1 nitrogen and oxygen atoms in total. The van der Waals surface area contributed by atoms with E-state index in [1.54, 1.807) is 0 Å². The topological polar surface area (TPSA) is 12.0 Å². The SMILES string of the molecule is CCCNC(c1csc(C)c1)C1Cc2ccccc2S1. The second-order valence-electron chi connectivity index (χ2n) is 5.39. The smallest absolute Gasteiger partial charge is 0.0455 e. The zero-order valence-corrected chi connectivity index (χ0v) is 13.7. The lowest BCUT2D eigenvalue weighted by Crippen LogP contribution is -2.30. The zero-order chi connectivity index (χ0) is 13.9. The first-order valence-electron chi connectivity index (χ1n) is 7.31. The maximum atomic E-state index is 3.76. The second kappa shape index (κ2) is 6.33. The molecule has 2 heterocycles. The van der Waals surface area contributed by atoms with Crippen LogP contribution in [0.5, 0.6) is 0 Å². The summed E-state index contributed by atoms with van der Waals surface area (Å²) in [6, 6.07) is 11.7. The lowest BCUT2D eigenvalue weighted by molar-refractivity contribution is 0.515. The van der Waals surface area contributed by atoms with Crippen LogP contribution in [-0.4, -0.2) is 11.8 Å². The summed E-state index contributed by atoms with van der Waals surface area (Å²) >= 11 is 3.90. The van der Waals surface area contributed by atoms with E-state index in [1.807, 2.05) is 23.1 Å². The summed E-state index contributed by atoms with van der Waals surface area (Å²) < 4.78 is 0. The number of hydrogen-bond donors (Lipinski definition) is 1. The number of aryl methyl sites for hydroxylation is 1. The lowest BCUT2D eigenvalue weighted by atomic mass is 10.0. The summed E-state index contributed by atoms with van der Waals surface area (Å²) in [4.78, 5) is 2.87. The summed E-state index contributed by atoms with van der Waals surface area (Å²) in [5.74, 6) is 0. The van der Waals surface area contributed by atoms with Crippen LogP contribution >= 0.6 is 23.1 Å². The molecule has 0 bridgehead atoms. The minimum absolute atomic E-state index is 0.470. The molecule has 106 valence electrons. The average Bonchev–Trinajstić information content (AvgIpc) is 3.05. The molecule has 2 aromatic rings. The van der Waals surface area contributed by atoms with Crippen LogP contribution < -0.4 is 5.32 Å². The van der Waals surface area contributed by atoms with Crippen molar-refractivity contribution in [2.24, 2.45) is 0 Å². The molecule has 1 aliphatic rings. The number of benzene rings is 1. The molecule has 2 unspecified atom stereocenters. The van der Waals surface area contributed by atoms with Gasteiger partial charge in [-0.15, -0.1) is 23.1 Å². The quantitative estimate of drug-likeness (QED) is 0.850. The highest BCUT2D eigenvalue weighted by Crippen LogP contribution is 2.43. The summed E-state index contributed by atoms with van der Waals surface area (Å²) in [7, 11) is 0. The van der Waals surface area contributed by atoms with Crippen molar-refractivity contribution >= 4 is 23.1 Å².